The van der Waals surface area contributed by atoms with E-state index in [-0.39, 0.29) is 0 Å². The lowest BCUT2D eigenvalue weighted by Gasteiger charge is -2.39. The van der Waals surface area contributed by atoms with Gasteiger partial charge in [-0.15, -0.1) is 11.3 Å². The van der Waals surface area contributed by atoms with Crippen LogP contribution in [0.15, 0.2) is 42.5 Å². The van der Waals surface area contributed by atoms with E-state index in [0.717, 1.165) is 19.6 Å². The minimum absolute atomic E-state index is 0.481. The predicted molar refractivity (Wildman–Crippen MR) is 86.1 cm³/mol. The molecule has 0 radical (unpaired) electrons. The lowest BCUT2D eigenvalue weighted by molar-refractivity contribution is 0.129. The van der Waals surface area contributed by atoms with Crippen LogP contribution in [0, 0.1) is 6.92 Å². The fraction of sp³-hybridized carbons (Fsp3) is 0.412. The minimum Gasteiger partial charge on any atom is -0.311 e. The number of benzene rings is 1. The first-order valence-electron chi connectivity index (χ1n) is 7.30. The predicted octanol–water partition coefficient (Wildman–Crippen LogP) is 3.59. The van der Waals surface area contributed by atoms with Crippen LogP contribution in [0.3, 0.4) is 0 Å². The zero-order chi connectivity index (χ0) is 13.9. The molecule has 0 bridgehead atoms. The molecule has 1 aliphatic rings. The van der Waals surface area contributed by atoms with Crippen LogP contribution in [0.5, 0.6) is 0 Å². The molecular weight excluding hydrogens is 264 g/mol. The van der Waals surface area contributed by atoms with Gasteiger partial charge in [0.2, 0.25) is 0 Å². The van der Waals surface area contributed by atoms with E-state index < -0.39 is 0 Å². The Morgan fingerprint density at radius 3 is 2.70 bits per heavy atom. The Balaban J connectivity index is 1.80. The van der Waals surface area contributed by atoms with Gasteiger partial charge in [-0.1, -0.05) is 30.3 Å². The van der Waals surface area contributed by atoms with Gasteiger partial charge in [0.25, 0.3) is 0 Å². The minimum atomic E-state index is 0.481. The molecule has 0 spiro atoms. The molecule has 1 N–H and O–H groups in total. The third kappa shape index (κ3) is 3.11. The van der Waals surface area contributed by atoms with Crippen LogP contribution in [-0.2, 0) is 6.54 Å². The largest absolute Gasteiger partial charge is 0.311 e. The highest BCUT2D eigenvalue weighted by molar-refractivity contribution is 7.11. The maximum atomic E-state index is 3.61. The Labute approximate surface area is 125 Å². The van der Waals surface area contributed by atoms with Crippen molar-refractivity contribution in [2.75, 3.05) is 13.1 Å². The van der Waals surface area contributed by atoms with E-state index in [1.807, 2.05) is 11.3 Å². The Morgan fingerprint density at radius 2 is 2.00 bits per heavy atom. The number of rotatable bonds is 3. The maximum absolute atomic E-state index is 3.61. The van der Waals surface area contributed by atoms with Crippen molar-refractivity contribution >= 4 is 11.3 Å². The molecule has 3 heteroatoms. The summed E-state index contributed by atoms with van der Waals surface area (Å²) in [4.78, 5) is 5.49. The van der Waals surface area contributed by atoms with E-state index in [9.17, 15) is 0 Å². The summed E-state index contributed by atoms with van der Waals surface area (Å²) in [5.41, 5.74) is 1.42. The molecule has 0 aliphatic carbocycles. The summed E-state index contributed by atoms with van der Waals surface area (Å²) in [6, 6.07) is 16.4. The summed E-state index contributed by atoms with van der Waals surface area (Å²) < 4.78 is 0. The van der Waals surface area contributed by atoms with Crippen molar-refractivity contribution in [1.82, 2.24) is 10.2 Å². The van der Waals surface area contributed by atoms with Gasteiger partial charge in [0.1, 0.15) is 0 Å². The third-order valence-corrected chi connectivity index (χ3v) is 4.93. The van der Waals surface area contributed by atoms with Gasteiger partial charge >= 0.3 is 0 Å². The van der Waals surface area contributed by atoms with Crippen molar-refractivity contribution in [2.24, 2.45) is 0 Å². The van der Waals surface area contributed by atoms with Gasteiger partial charge in [-0.3, -0.25) is 4.90 Å². The van der Waals surface area contributed by atoms with E-state index in [1.165, 1.54) is 15.3 Å². The van der Waals surface area contributed by atoms with Crippen molar-refractivity contribution in [1.29, 1.82) is 0 Å². The molecule has 20 heavy (non-hydrogen) atoms. The summed E-state index contributed by atoms with van der Waals surface area (Å²) in [7, 11) is 0. The van der Waals surface area contributed by atoms with Crippen molar-refractivity contribution in [2.45, 2.75) is 32.5 Å². The highest BCUT2D eigenvalue weighted by Crippen LogP contribution is 2.27. The molecule has 2 atom stereocenters. The normalized spacial score (nSPS) is 23.9. The number of piperazine rings is 1. The molecule has 3 rings (SSSR count). The van der Waals surface area contributed by atoms with E-state index in [2.05, 4.69) is 66.5 Å². The van der Waals surface area contributed by atoms with Crippen LogP contribution < -0.4 is 5.32 Å². The molecule has 1 aromatic carbocycles. The van der Waals surface area contributed by atoms with E-state index in [0.29, 0.717) is 12.1 Å². The summed E-state index contributed by atoms with van der Waals surface area (Å²) in [6.07, 6.45) is 0. The number of nitrogens with one attached hydrogen (secondary N) is 1. The third-order valence-electron chi connectivity index (χ3n) is 3.95. The highest BCUT2D eigenvalue weighted by atomic mass is 32.1. The molecule has 2 aromatic rings. The Hall–Kier alpha value is -1.16. The molecule has 1 aliphatic heterocycles. The van der Waals surface area contributed by atoms with Crippen LogP contribution >= 0.6 is 11.3 Å². The van der Waals surface area contributed by atoms with Crippen LogP contribution in [0.25, 0.3) is 0 Å². The second-order valence-electron chi connectivity index (χ2n) is 5.68. The molecule has 2 nitrogen and oxygen atoms in total. The maximum Gasteiger partial charge on any atom is 0.0477 e. The second kappa shape index (κ2) is 6.08. The van der Waals surface area contributed by atoms with Crippen LogP contribution in [-0.4, -0.2) is 24.0 Å². The van der Waals surface area contributed by atoms with Gasteiger partial charge in [-0.05, 0) is 31.5 Å². The quantitative estimate of drug-likeness (QED) is 0.927. The average Bonchev–Trinajstić information content (AvgIpc) is 2.85. The highest BCUT2D eigenvalue weighted by Gasteiger charge is 2.27. The van der Waals surface area contributed by atoms with Crippen LogP contribution in [0.1, 0.15) is 28.3 Å². The molecule has 1 fully saturated rings. The summed E-state index contributed by atoms with van der Waals surface area (Å²) in [5, 5.41) is 3.61. The summed E-state index contributed by atoms with van der Waals surface area (Å²) in [6.45, 7) is 7.66. The molecule has 2 unspecified atom stereocenters. The van der Waals surface area contributed by atoms with Gasteiger partial charge in [-0.2, -0.15) is 0 Å². The van der Waals surface area contributed by atoms with Crippen molar-refractivity contribution in [3.63, 3.8) is 0 Å². The molecule has 1 saturated heterocycles. The first-order valence-corrected chi connectivity index (χ1v) is 8.12. The Bertz CT molecular complexity index is 549. The molecule has 106 valence electrons. The first-order chi connectivity index (χ1) is 9.72. The second-order valence-corrected chi connectivity index (χ2v) is 7.05. The monoisotopic (exact) mass is 286 g/mol. The Kier molecular flexibility index (Phi) is 4.20. The number of hydrogen-bond donors (Lipinski definition) is 1. The zero-order valence-corrected chi connectivity index (χ0v) is 13.0. The molecule has 0 amide bonds. The SMILES string of the molecule is Cc1ccc(CN2CC(C)NCC2c2ccccc2)s1. The zero-order valence-electron chi connectivity index (χ0n) is 12.2. The van der Waals surface area contributed by atoms with Crippen LogP contribution in [0.4, 0.5) is 0 Å². The molecule has 0 saturated carbocycles. The summed E-state index contributed by atoms with van der Waals surface area (Å²) in [5.74, 6) is 0. The number of nitrogens with zero attached hydrogens (tertiary/aromatic N) is 1. The fourth-order valence-corrected chi connectivity index (χ4v) is 3.85. The number of thiophene rings is 1. The summed E-state index contributed by atoms with van der Waals surface area (Å²) >= 11 is 1.92. The van der Waals surface area contributed by atoms with Gasteiger partial charge < -0.3 is 5.32 Å². The number of hydrogen-bond acceptors (Lipinski definition) is 3. The molecule has 1 aromatic heterocycles. The fourth-order valence-electron chi connectivity index (χ4n) is 2.93. The number of aryl methyl sites for hydroxylation is 1. The molecule has 2 heterocycles. The van der Waals surface area contributed by atoms with E-state index in [4.69, 9.17) is 0 Å². The lowest BCUT2D eigenvalue weighted by Crippen LogP contribution is -2.50. The van der Waals surface area contributed by atoms with Gasteiger partial charge in [0.05, 0.1) is 0 Å². The van der Waals surface area contributed by atoms with E-state index in [1.54, 1.807) is 0 Å². The molecular formula is C17H22N2S. The first kappa shape index (κ1) is 13.8. The van der Waals surface area contributed by atoms with E-state index >= 15 is 0 Å². The van der Waals surface area contributed by atoms with Crippen molar-refractivity contribution < 1.29 is 0 Å². The van der Waals surface area contributed by atoms with Gasteiger partial charge in [0.15, 0.2) is 0 Å². The smallest absolute Gasteiger partial charge is 0.0477 e. The standard InChI is InChI=1S/C17H22N2S/c1-13-11-19(12-16-9-8-14(2)20-16)17(10-18-13)15-6-4-3-5-7-15/h3-9,13,17-18H,10-12H2,1-2H3. The Morgan fingerprint density at radius 1 is 1.20 bits per heavy atom. The lowest BCUT2D eigenvalue weighted by atomic mass is 10.0. The van der Waals surface area contributed by atoms with Crippen LogP contribution in [0.2, 0.25) is 0 Å². The topological polar surface area (TPSA) is 15.3 Å². The average molecular weight is 286 g/mol. The van der Waals surface area contributed by atoms with Gasteiger partial charge in [0, 0.05) is 41.5 Å². The van der Waals surface area contributed by atoms with Crippen molar-refractivity contribution in [3.8, 4) is 0 Å². The van der Waals surface area contributed by atoms with Crippen molar-refractivity contribution in [3.05, 3.63) is 57.8 Å². The van der Waals surface area contributed by atoms with Gasteiger partial charge in [-0.25, -0.2) is 0 Å².